The molecular formula is C23H26FN3O2. The fourth-order valence-electron chi connectivity index (χ4n) is 4.02. The molecule has 2 unspecified atom stereocenters. The minimum Gasteiger partial charge on any atom is -0.387 e. The molecule has 0 radical (unpaired) electrons. The van der Waals surface area contributed by atoms with Gasteiger partial charge in [-0.25, -0.2) is 4.39 Å². The largest absolute Gasteiger partial charge is 0.387 e. The standard InChI is InChI=1S/C23H26FN3O2/c1-17(19-5-3-2-4-6-19)14-25-22(28)21-13-23(29-26-21)11-12-27(16-23)15-18-7-9-20(24)10-8-18/h2-10,17H,11-16H2,1H3,(H,25,28). The number of benzene rings is 2. The lowest BCUT2D eigenvalue weighted by atomic mass is 9.96. The third-order valence-corrected chi connectivity index (χ3v) is 5.75. The van der Waals surface area contributed by atoms with Gasteiger partial charge in [-0.15, -0.1) is 0 Å². The molecule has 0 aromatic heterocycles. The molecule has 2 aromatic rings. The van der Waals surface area contributed by atoms with Crippen molar-refractivity contribution >= 4 is 11.6 Å². The van der Waals surface area contributed by atoms with Crippen molar-refractivity contribution in [1.29, 1.82) is 0 Å². The number of oxime groups is 1. The van der Waals surface area contributed by atoms with Crippen molar-refractivity contribution in [3.63, 3.8) is 0 Å². The molecular weight excluding hydrogens is 369 g/mol. The highest BCUT2D eigenvalue weighted by molar-refractivity contribution is 6.39. The maximum Gasteiger partial charge on any atom is 0.269 e. The summed E-state index contributed by atoms with van der Waals surface area (Å²) in [5.74, 6) is -0.146. The quantitative estimate of drug-likeness (QED) is 0.815. The van der Waals surface area contributed by atoms with Gasteiger partial charge in [0, 0.05) is 39.0 Å². The SMILES string of the molecule is CC(CNC(=O)C1=NOC2(CCN(Cc3ccc(F)cc3)C2)C1)c1ccccc1. The highest BCUT2D eigenvalue weighted by atomic mass is 19.1. The molecule has 1 saturated heterocycles. The van der Waals surface area contributed by atoms with E-state index < -0.39 is 5.60 Å². The minimum absolute atomic E-state index is 0.151. The molecule has 0 bridgehead atoms. The van der Waals surface area contributed by atoms with Crippen LogP contribution in [0, 0.1) is 5.82 Å². The van der Waals surface area contributed by atoms with Gasteiger partial charge >= 0.3 is 0 Å². The van der Waals surface area contributed by atoms with Crippen LogP contribution in [-0.2, 0) is 16.2 Å². The van der Waals surface area contributed by atoms with Crippen molar-refractivity contribution in [2.24, 2.45) is 5.16 Å². The molecule has 2 aliphatic rings. The van der Waals surface area contributed by atoms with E-state index in [2.05, 4.69) is 34.4 Å². The van der Waals surface area contributed by atoms with Gasteiger partial charge in [0.15, 0.2) is 5.60 Å². The predicted octanol–water partition coefficient (Wildman–Crippen LogP) is 3.47. The molecule has 1 amide bonds. The molecule has 1 N–H and O–H groups in total. The fourth-order valence-corrected chi connectivity index (χ4v) is 4.02. The number of hydrogen-bond acceptors (Lipinski definition) is 4. The summed E-state index contributed by atoms with van der Waals surface area (Å²) < 4.78 is 13.1. The van der Waals surface area contributed by atoms with Crippen molar-refractivity contribution in [3.05, 3.63) is 71.5 Å². The van der Waals surface area contributed by atoms with Crippen molar-refractivity contribution in [1.82, 2.24) is 10.2 Å². The van der Waals surface area contributed by atoms with Gasteiger partial charge in [-0.3, -0.25) is 9.69 Å². The smallest absolute Gasteiger partial charge is 0.269 e. The monoisotopic (exact) mass is 395 g/mol. The van der Waals surface area contributed by atoms with Gasteiger partial charge in [-0.05, 0) is 29.2 Å². The topological polar surface area (TPSA) is 53.9 Å². The number of nitrogens with zero attached hydrogens (tertiary/aromatic N) is 2. The Labute approximate surface area is 170 Å². The summed E-state index contributed by atoms with van der Waals surface area (Å²) in [4.78, 5) is 20.6. The number of rotatable bonds is 6. The Hall–Kier alpha value is -2.73. The molecule has 2 aromatic carbocycles. The Balaban J connectivity index is 1.27. The van der Waals surface area contributed by atoms with E-state index in [4.69, 9.17) is 4.84 Å². The predicted molar refractivity (Wildman–Crippen MR) is 110 cm³/mol. The highest BCUT2D eigenvalue weighted by Gasteiger charge is 2.46. The van der Waals surface area contributed by atoms with Crippen LogP contribution < -0.4 is 5.32 Å². The van der Waals surface area contributed by atoms with Crippen molar-refractivity contribution < 1.29 is 14.0 Å². The third kappa shape index (κ3) is 4.65. The summed E-state index contributed by atoms with van der Waals surface area (Å²) in [6, 6.07) is 16.7. The molecule has 5 nitrogen and oxygen atoms in total. The Morgan fingerprint density at radius 1 is 1.24 bits per heavy atom. The zero-order valence-electron chi connectivity index (χ0n) is 16.6. The second kappa shape index (κ2) is 8.33. The van der Waals surface area contributed by atoms with E-state index in [-0.39, 0.29) is 17.6 Å². The van der Waals surface area contributed by atoms with E-state index in [9.17, 15) is 9.18 Å². The van der Waals surface area contributed by atoms with Crippen LogP contribution in [0.1, 0.15) is 36.8 Å². The Kier molecular flexibility index (Phi) is 5.62. The molecule has 2 heterocycles. The summed E-state index contributed by atoms with van der Waals surface area (Å²) in [5.41, 5.74) is 2.31. The van der Waals surface area contributed by atoms with Crippen molar-refractivity contribution in [2.75, 3.05) is 19.6 Å². The number of carbonyl (C=O) groups is 1. The molecule has 4 rings (SSSR count). The molecule has 2 aliphatic heterocycles. The van der Waals surface area contributed by atoms with E-state index in [1.807, 2.05) is 18.2 Å². The van der Waals surface area contributed by atoms with Crippen LogP contribution in [0.5, 0.6) is 0 Å². The summed E-state index contributed by atoms with van der Waals surface area (Å²) >= 11 is 0. The normalized spacial score (nSPS) is 22.3. The Morgan fingerprint density at radius 2 is 2.00 bits per heavy atom. The first-order chi connectivity index (χ1) is 14.0. The molecule has 1 spiro atoms. The first kappa shape index (κ1) is 19.6. The number of halogens is 1. The van der Waals surface area contributed by atoms with Crippen LogP contribution >= 0.6 is 0 Å². The van der Waals surface area contributed by atoms with Gasteiger partial charge in [0.05, 0.1) is 0 Å². The number of nitrogens with one attached hydrogen (secondary N) is 1. The van der Waals surface area contributed by atoms with Gasteiger partial charge < -0.3 is 10.2 Å². The molecule has 2 atom stereocenters. The first-order valence-electron chi connectivity index (χ1n) is 10.1. The van der Waals surface area contributed by atoms with E-state index in [0.29, 0.717) is 25.2 Å². The van der Waals surface area contributed by atoms with E-state index in [1.54, 1.807) is 12.1 Å². The zero-order chi connectivity index (χ0) is 20.3. The second-order valence-corrected chi connectivity index (χ2v) is 8.10. The molecule has 6 heteroatoms. The maximum absolute atomic E-state index is 13.1. The first-order valence-corrected chi connectivity index (χ1v) is 10.1. The Bertz CT molecular complexity index is 885. The molecule has 0 aliphatic carbocycles. The van der Waals surface area contributed by atoms with Gasteiger partial charge in [0.25, 0.3) is 5.91 Å². The second-order valence-electron chi connectivity index (χ2n) is 8.10. The minimum atomic E-state index is -0.419. The lowest BCUT2D eigenvalue weighted by molar-refractivity contribution is -0.115. The number of amides is 1. The van der Waals surface area contributed by atoms with E-state index >= 15 is 0 Å². The fraction of sp³-hybridized carbons (Fsp3) is 0.391. The summed E-state index contributed by atoms with van der Waals surface area (Å²) in [6.07, 6.45) is 1.35. The molecule has 29 heavy (non-hydrogen) atoms. The van der Waals surface area contributed by atoms with Gasteiger partial charge in [0.2, 0.25) is 0 Å². The zero-order valence-corrected chi connectivity index (χ0v) is 16.6. The molecule has 0 saturated carbocycles. The van der Waals surface area contributed by atoms with Crippen molar-refractivity contribution in [2.45, 2.75) is 37.8 Å². The lowest BCUT2D eigenvalue weighted by Gasteiger charge is -2.21. The maximum atomic E-state index is 13.1. The lowest BCUT2D eigenvalue weighted by Crippen LogP contribution is -2.37. The van der Waals surface area contributed by atoms with Gasteiger partial charge in [-0.1, -0.05) is 54.5 Å². The van der Waals surface area contributed by atoms with Gasteiger partial charge in [0.1, 0.15) is 11.5 Å². The number of carbonyl (C=O) groups excluding carboxylic acids is 1. The van der Waals surface area contributed by atoms with E-state index in [1.165, 1.54) is 17.7 Å². The number of likely N-dealkylation sites (tertiary alicyclic amines) is 1. The summed E-state index contributed by atoms with van der Waals surface area (Å²) in [6.45, 7) is 4.97. The van der Waals surface area contributed by atoms with Crippen LogP contribution in [0.25, 0.3) is 0 Å². The van der Waals surface area contributed by atoms with Crippen LogP contribution in [0.2, 0.25) is 0 Å². The summed E-state index contributed by atoms with van der Waals surface area (Å²) in [5, 5.41) is 7.09. The average Bonchev–Trinajstić information content (AvgIpc) is 3.35. The molecule has 1 fully saturated rings. The third-order valence-electron chi connectivity index (χ3n) is 5.75. The van der Waals surface area contributed by atoms with Crippen molar-refractivity contribution in [3.8, 4) is 0 Å². The van der Waals surface area contributed by atoms with Gasteiger partial charge in [-0.2, -0.15) is 0 Å². The van der Waals surface area contributed by atoms with E-state index in [0.717, 1.165) is 25.1 Å². The average molecular weight is 395 g/mol. The van der Waals surface area contributed by atoms with Crippen LogP contribution in [0.4, 0.5) is 4.39 Å². The van der Waals surface area contributed by atoms with Crippen LogP contribution in [0.3, 0.4) is 0 Å². The number of hydrogen-bond donors (Lipinski definition) is 1. The molecule has 152 valence electrons. The van der Waals surface area contributed by atoms with Crippen LogP contribution in [-0.4, -0.2) is 41.8 Å². The Morgan fingerprint density at radius 3 is 2.76 bits per heavy atom. The van der Waals surface area contributed by atoms with Crippen LogP contribution in [0.15, 0.2) is 59.8 Å². The summed E-state index contributed by atoms with van der Waals surface area (Å²) in [7, 11) is 0. The highest BCUT2D eigenvalue weighted by Crippen LogP contribution is 2.34.